The Labute approximate surface area is 137 Å². The van der Waals surface area contributed by atoms with Crippen LogP contribution in [-0.2, 0) is 0 Å². The third-order valence-corrected chi connectivity index (χ3v) is 3.13. The largest absolute Gasteiger partial charge is 0.492 e. The zero-order valence-corrected chi connectivity index (χ0v) is 12.6. The van der Waals surface area contributed by atoms with Crippen LogP contribution in [0.1, 0.15) is 10.4 Å². The van der Waals surface area contributed by atoms with Gasteiger partial charge in [-0.15, -0.1) is 0 Å². The Morgan fingerprint density at radius 1 is 1.25 bits per heavy atom. The van der Waals surface area contributed by atoms with E-state index in [1.54, 1.807) is 12.1 Å². The summed E-state index contributed by atoms with van der Waals surface area (Å²) in [7, 11) is 0. The van der Waals surface area contributed by atoms with Crippen molar-refractivity contribution in [2.75, 3.05) is 13.2 Å². The first-order valence-corrected chi connectivity index (χ1v) is 7.20. The van der Waals surface area contributed by atoms with E-state index < -0.39 is 0 Å². The van der Waals surface area contributed by atoms with Crippen molar-refractivity contribution >= 4 is 5.91 Å². The fraction of sp³-hybridized carbons (Fsp3) is 0.125. The Bertz CT molecular complexity index is 806. The van der Waals surface area contributed by atoms with Crippen molar-refractivity contribution in [1.29, 1.82) is 0 Å². The van der Waals surface area contributed by atoms with Gasteiger partial charge in [0, 0.05) is 11.8 Å². The fourth-order valence-corrected chi connectivity index (χ4v) is 1.98. The Morgan fingerprint density at radius 3 is 2.83 bits per heavy atom. The topological polar surface area (TPSA) is 81.9 Å². The van der Waals surface area contributed by atoms with Crippen LogP contribution in [0.25, 0.3) is 5.82 Å². The monoisotopic (exact) mass is 327 g/mol. The summed E-state index contributed by atoms with van der Waals surface area (Å²) in [5.74, 6) is 0.476. The van der Waals surface area contributed by atoms with Crippen LogP contribution in [0.3, 0.4) is 0 Å². The van der Waals surface area contributed by atoms with E-state index in [0.29, 0.717) is 23.7 Å². The van der Waals surface area contributed by atoms with E-state index >= 15 is 0 Å². The molecule has 0 bridgehead atoms. The Balaban J connectivity index is 1.52. The minimum absolute atomic E-state index is 0.249. The maximum absolute atomic E-state index is 12.8. The Hall–Kier alpha value is -3.29. The molecule has 0 fully saturated rings. The van der Waals surface area contributed by atoms with Gasteiger partial charge in [0.25, 0.3) is 5.91 Å². The van der Waals surface area contributed by atoms with Crippen LogP contribution in [0.4, 0.5) is 4.39 Å². The summed E-state index contributed by atoms with van der Waals surface area (Å²) in [6, 6.07) is 8.92. The first-order chi connectivity index (χ1) is 11.7. The Kier molecular flexibility index (Phi) is 4.76. The molecule has 1 N–H and O–H groups in total. The van der Waals surface area contributed by atoms with Gasteiger partial charge in [-0.05, 0) is 36.4 Å². The highest BCUT2D eigenvalue weighted by molar-refractivity contribution is 5.94. The molecule has 3 aromatic rings. The lowest BCUT2D eigenvalue weighted by atomic mass is 10.2. The van der Waals surface area contributed by atoms with Crippen LogP contribution in [0.15, 0.2) is 55.2 Å². The number of hydrogen-bond acceptors (Lipinski definition) is 5. The summed E-state index contributed by atoms with van der Waals surface area (Å²) in [5, 5.41) is 6.71. The summed E-state index contributed by atoms with van der Waals surface area (Å²) in [4.78, 5) is 20.1. The SMILES string of the molecule is O=C(NCCOc1ccc(F)cc1)c1ccnc(-n2cncn2)c1. The summed E-state index contributed by atoms with van der Waals surface area (Å²) < 4.78 is 19.7. The number of aromatic nitrogens is 4. The first-order valence-electron chi connectivity index (χ1n) is 7.20. The number of carbonyl (C=O) groups is 1. The standard InChI is InChI=1S/C16H14FN5O2/c17-13-1-3-14(4-2-13)24-8-7-20-16(23)12-5-6-19-15(9-12)22-11-18-10-21-22/h1-6,9-11H,7-8H2,(H,20,23). The van der Waals surface area contributed by atoms with Crippen molar-refractivity contribution in [3.05, 3.63) is 66.6 Å². The molecular formula is C16H14FN5O2. The van der Waals surface area contributed by atoms with E-state index in [1.807, 2.05) is 0 Å². The van der Waals surface area contributed by atoms with E-state index in [1.165, 1.54) is 47.8 Å². The van der Waals surface area contributed by atoms with Gasteiger partial charge in [0.15, 0.2) is 5.82 Å². The fourth-order valence-electron chi connectivity index (χ4n) is 1.98. The molecule has 0 saturated carbocycles. The van der Waals surface area contributed by atoms with E-state index in [0.717, 1.165) is 0 Å². The predicted octanol–water partition coefficient (Wildman–Crippen LogP) is 1.61. The number of ether oxygens (including phenoxy) is 1. The lowest BCUT2D eigenvalue weighted by Gasteiger charge is -2.08. The molecule has 0 spiro atoms. The first kappa shape index (κ1) is 15.6. The van der Waals surface area contributed by atoms with Gasteiger partial charge < -0.3 is 10.1 Å². The number of carbonyl (C=O) groups excluding carboxylic acids is 1. The zero-order valence-electron chi connectivity index (χ0n) is 12.6. The quantitative estimate of drug-likeness (QED) is 0.696. The highest BCUT2D eigenvalue weighted by Gasteiger charge is 2.08. The highest BCUT2D eigenvalue weighted by atomic mass is 19.1. The third-order valence-electron chi connectivity index (χ3n) is 3.13. The van der Waals surface area contributed by atoms with Gasteiger partial charge in [0.2, 0.25) is 0 Å². The molecule has 2 aromatic heterocycles. The van der Waals surface area contributed by atoms with Crippen LogP contribution in [0, 0.1) is 5.82 Å². The van der Waals surface area contributed by atoms with Gasteiger partial charge in [-0.1, -0.05) is 0 Å². The second kappa shape index (κ2) is 7.32. The molecule has 1 aromatic carbocycles. The Morgan fingerprint density at radius 2 is 2.08 bits per heavy atom. The van der Waals surface area contributed by atoms with Crippen molar-refractivity contribution in [2.45, 2.75) is 0 Å². The molecule has 1 amide bonds. The minimum Gasteiger partial charge on any atom is -0.492 e. The van der Waals surface area contributed by atoms with Gasteiger partial charge in [0.05, 0.1) is 6.54 Å². The number of nitrogens with zero attached hydrogens (tertiary/aromatic N) is 4. The van der Waals surface area contributed by atoms with Gasteiger partial charge in [-0.3, -0.25) is 4.79 Å². The molecular weight excluding hydrogens is 313 g/mol. The average Bonchev–Trinajstić information content (AvgIpc) is 3.15. The van der Waals surface area contributed by atoms with E-state index in [2.05, 4.69) is 20.4 Å². The molecule has 7 nitrogen and oxygen atoms in total. The number of benzene rings is 1. The van der Waals surface area contributed by atoms with Crippen molar-refractivity contribution in [3.63, 3.8) is 0 Å². The normalized spacial score (nSPS) is 10.4. The maximum atomic E-state index is 12.8. The summed E-state index contributed by atoms with van der Waals surface area (Å²) in [6.45, 7) is 0.593. The van der Waals surface area contributed by atoms with Crippen molar-refractivity contribution in [1.82, 2.24) is 25.1 Å². The smallest absolute Gasteiger partial charge is 0.251 e. The summed E-state index contributed by atoms with van der Waals surface area (Å²) in [5.41, 5.74) is 0.456. The summed E-state index contributed by atoms with van der Waals surface area (Å²) >= 11 is 0. The highest BCUT2D eigenvalue weighted by Crippen LogP contribution is 2.10. The van der Waals surface area contributed by atoms with Gasteiger partial charge in [0.1, 0.15) is 30.8 Å². The second-order valence-corrected chi connectivity index (χ2v) is 4.80. The van der Waals surface area contributed by atoms with E-state index in [-0.39, 0.29) is 18.3 Å². The molecule has 122 valence electrons. The van der Waals surface area contributed by atoms with Gasteiger partial charge in [-0.25, -0.2) is 19.0 Å². The maximum Gasteiger partial charge on any atom is 0.251 e. The molecule has 3 rings (SSSR count). The van der Waals surface area contributed by atoms with Crippen LogP contribution < -0.4 is 10.1 Å². The molecule has 0 atom stereocenters. The average molecular weight is 327 g/mol. The number of hydrogen-bond donors (Lipinski definition) is 1. The van der Waals surface area contributed by atoms with Crippen molar-refractivity contribution in [2.24, 2.45) is 0 Å². The number of pyridine rings is 1. The van der Waals surface area contributed by atoms with Crippen molar-refractivity contribution < 1.29 is 13.9 Å². The number of halogens is 1. The molecule has 0 aliphatic carbocycles. The molecule has 8 heteroatoms. The molecule has 0 aliphatic heterocycles. The van der Waals surface area contributed by atoms with Gasteiger partial charge in [-0.2, -0.15) is 5.10 Å². The number of amides is 1. The number of nitrogens with one attached hydrogen (secondary N) is 1. The number of rotatable bonds is 6. The summed E-state index contributed by atoms with van der Waals surface area (Å²) in [6.07, 6.45) is 4.42. The third kappa shape index (κ3) is 3.92. The van der Waals surface area contributed by atoms with E-state index in [4.69, 9.17) is 4.74 Å². The predicted molar refractivity (Wildman–Crippen MR) is 83.4 cm³/mol. The molecule has 24 heavy (non-hydrogen) atoms. The van der Waals surface area contributed by atoms with Gasteiger partial charge >= 0.3 is 0 Å². The second-order valence-electron chi connectivity index (χ2n) is 4.80. The lowest BCUT2D eigenvalue weighted by molar-refractivity contribution is 0.0947. The van der Waals surface area contributed by atoms with Crippen LogP contribution in [-0.4, -0.2) is 38.8 Å². The molecule has 0 aliphatic rings. The lowest BCUT2D eigenvalue weighted by Crippen LogP contribution is -2.28. The van der Waals surface area contributed by atoms with Crippen LogP contribution >= 0.6 is 0 Å². The van der Waals surface area contributed by atoms with E-state index in [9.17, 15) is 9.18 Å². The van der Waals surface area contributed by atoms with Crippen LogP contribution in [0.2, 0.25) is 0 Å². The molecule has 0 saturated heterocycles. The molecule has 2 heterocycles. The minimum atomic E-state index is -0.323. The van der Waals surface area contributed by atoms with Crippen molar-refractivity contribution in [3.8, 4) is 11.6 Å². The zero-order chi connectivity index (χ0) is 16.8. The molecule has 0 radical (unpaired) electrons. The van der Waals surface area contributed by atoms with Crippen LogP contribution in [0.5, 0.6) is 5.75 Å². The molecule has 0 unspecified atom stereocenters.